The smallest absolute Gasteiger partial charge is 0.241 e. The average Bonchev–Trinajstić information content (AvgIpc) is 3.37. The molecule has 4 heterocycles. The molecule has 0 spiro atoms. The third-order valence-corrected chi connectivity index (χ3v) is 8.40. The van der Waals surface area contributed by atoms with Gasteiger partial charge in [-0.15, -0.1) is 0 Å². The summed E-state index contributed by atoms with van der Waals surface area (Å²) in [7, 11) is 0. The van der Waals surface area contributed by atoms with E-state index in [4.69, 9.17) is 4.98 Å². The van der Waals surface area contributed by atoms with Crippen molar-refractivity contribution in [3.8, 4) is 0 Å². The third-order valence-electron chi connectivity index (χ3n) is 8.40. The molecule has 5 rings (SSSR count). The van der Waals surface area contributed by atoms with E-state index in [0.29, 0.717) is 38.4 Å². The average molecular weight is 522 g/mol. The fourth-order valence-corrected chi connectivity index (χ4v) is 6.16. The standard InChI is InChI=1S/C30H40FN5O2/c1-5-21-12-27(37)35(16-21)17-25-14-32-20(2)15-34(25)18-28(38)36-19-30(3,4)29-26(36)11-23(13-33-29)10-22-6-8-24(31)9-7-22/h6-9,11,13,20-21,25,32H,5,10,12,14-19H2,1-4H3/t20-,21?,25-/m1/s1. The van der Waals surface area contributed by atoms with Crippen LogP contribution in [0.5, 0.6) is 0 Å². The fourth-order valence-electron chi connectivity index (χ4n) is 6.16. The van der Waals surface area contributed by atoms with Crippen LogP contribution in [0.15, 0.2) is 36.5 Å². The minimum absolute atomic E-state index is 0.0656. The lowest BCUT2D eigenvalue weighted by Crippen LogP contribution is -2.61. The van der Waals surface area contributed by atoms with Gasteiger partial charge in [0.25, 0.3) is 0 Å². The van der Waals surface area contributed by atoms with Crippen molar-refractivity contribution < 1.29 is 14.0 Å². The molecule has 7 nitrogen and oxygen atoms in total. The number of benzene rings is 1. The molecule has 1 N–H and O–H groups in total. The highest BCUT2D eigenvalue weighted by atomic mass is 19.1. The molecule has 3 aliphatic heterocycles. The van der Waals surface area contributed by atoms with E-state index in [-0.39, 0.29) is 35.1 Å². The minimum atomic E-state index is -0.251. The van der Waals surface area contributed by atoms with Crippen LogP contribution in [0.1, 0.15) is 57.4 Å². The second-order valence-electron chi connectivity index (χ2n) is 12.0. The van der Waals surface area contributed by atoms with Crippen LogP contribution < -0.4 is 10.2 Å². The quantitative estimate of drug-likeness (QED) is 0.605. The molecule has 38 heavy (non-hydrogen) atoms. The van der Waals surface area contributed by atoms with E-state index in [9.17, 15) is 14.0 Å². The first-order valence-electron chi connectivity index (χ1n) is 13.9. The molecule has 3 aliphatic rings. The van der Waals surface area contributed by atoms with E-state index >= 15 is 0 Å². The van der Waals surface area contributed by atoms with Crippen molar-refractivity contribution in [2.24, 2.45) is 5.92 Å². The third kappa shape index (κ3) is 5.61. The molecule has 0 bridgehead atoms. The lowest BCUT2D eigenvalue weighted by Gasteiger charge is -2.41. The summed E-state index contributed by atoms with van der Waals surface area (Å²) in [6.45, 7) is 12.5. The number of anilines is 1. The Morgan fingerprint density at radius 1 is 1.18 bits per heavy atom. The molecule has 2 amide bonds. The van der Waals surface area contributed by atoms with Crippen molar-refractivity contribution in [3.05, 3.63) is 59.2 Å². The van der Waals surface area contributed by atoms with Gasteiger partial charge in [-0.3, -0.25) is 19.5 Å². The Labute approximate surface area is 225 Å². The zero-order chi connectivity index (χ0) is 27.0. The largest absolute Gasteiger partial charge is 0.341 e. The van der Waals surface area contributed by atoms with E-state index in [0.717, 1.165) is 48.6 Å². The Morgan fingerprint density at radius 3 is 2.66 bits per heavy atom. The van der Waals surface area contributed by atoms with Crippen LogP contribution in [0.2, 0.25) is 0 Å². The van der Waals surface area contributed by atoms with E-state index in [1.54, 1.807) is 12.1 Å². The van der Waals surface area contributed by atoms with E-state index in [1.165, 1.54) is 12.1 Å². The van der Waals surface area contributed by atoms with Crippen molar-refractivity contribution in [1.29, 1.82) is 0 Å². The second kappa shape index (κ2) is 10.7. The molecule has 2 saturated heterocycles. The number of likely N-dealkylation sites (tertiary alicyclic amines) is 1. The van der Waals surface area contributed by atoms with Crippen molar-refractivity contribution >= 4 is 17.5 Å². The van der Waals surface area contributed by atoms with Gasteiger partial charge in [0.15, 0.2) is 0 Å². The number of rotatable bonds is 7. The van der Waals surface area contributed by atoms with Crippen molar-refractivity contribution in [1.82, 2.24) is 20.1 Å². The van der Waals surface area contributed by atoms with Gasteiger partial charge in [0, 0.05) is 62.8 Å². The van der Waals surface area contributed by atoms with Crippen molar-refractivity contribution in [3.63, 3.8) is 0 Å². The Hall–Kier alpha value is -2.84. The van der Waals surface area contributed by atoms with Crippen LogP contribution in [0, 0.1) is 11.7 Å². The molecular formula is C30H40FN5O2. The molecule has 0 saturated carbocycles. The van der Waals surface area contributed by atoms with Crippen LogP contribution in [-0.2, 0) is 21.4 Å². The molecule has 1 unspecified atom stereocenters. The number of carbonyl (C=O) groups excluding carboxylic acids is 2. The second-order valence-corrected chi connectivity index (χ2v) is 12.0. The highest BCUT2D eigenvalue weighted by molar-refractivity contribution is 5.97. The van der Waals surface area contributed by atoms with Crippen molar-refractivity contribution in [2.75, 3.05) is 44.2 Å². The summed E-state index contributed by atoms with van der Waals surface area (Å²) >= 11 is 0. The first-order valence-corrected chi connectivity index (χ1v) is 13.9. The first-order chi connectivity index (χ1) is 18.1. The van der Waals surface area contributed by atoms with Gasteiger partial charge in [0.1, 0.15) is 5.82 Å². The summed E-state index contributed by atoms with van der Waals surface area (Å²) in [5.41, 5.74) is 3.57. The molecule has 0 aliphatic carbocycles. The van der Waals surface area contributed by atoms with Gasteiger partial charge in [-0.25, -0.2) is 4.39 Å². The highest BCUT2D eigenvalue weighted by Crippen LogP contribution is 2.40. The Morgan fingerprint density at radius 2 is 1.95 bits per heavy atom. The maximum Gasteiger partial charge on any atom is 0.241 e. The van der Waals surface area contributed by atoms with E-state index in [2.05, 4.69) is 44.0 Å². The number of amides is 2. The minimum Gasteiger partial charge on any atom is -0.341 e. The lowest BCUT2D eigenvalue weighted by atomic mass is 9.91. The van der Waals surface area contributed by atoms with Crippen LogP contribution >= 0.6 is 0 Å². The maximum atomic E-state index is 13.8. The number of pyridine rings is 1. The summed E-state index contributed by atoms with van der Waals surface area (Å²) in [5, 5.41) is 3.54. The van der Waals surface area contributed by atoms with E-state index < -0.39 is 0 Å². The number of halogens is 1. The van der Waals surface area contributed by atoms with Crippen LogP contribution in [0.4, 0.5) is 10.1 Å². The number of nitrogens with zero attached hydrogens (tertiary/aromatic N) is 4. The number of piperazine rings is 1. The molecular weight excluding hydrogens is 481 g/mol. The summed E-state index contributed by atoms with van der Waals surface area (Å²) in [6, 6.07) is 8.97. The Bertz CT molecular complexity index is 1180. The Kier molecular flexibility index (Phi) is 7.56. The van der Waals surface area contributed by atoms with Gasteiger partial charge in [0.05, 0.1) is 17.9 Å². The van der Waals surface area contributed by atoms with Crippen molar-refractivity contribution in [2.45, 2.75) is 64.5 Å². The summed E-state index contributed by atoms with van der Waals surface area (Å²) in [4.78, 5) is 37.4. The normalized spacial score (nSPS) is 25.2. The summed E-state index contributed by atoms with van der Waals surface area (Å²) < 4.78 is 13.4. The van der Waals surface area contributed by atoms with Gasteiger partial charge in [-0.1, -0.05) is 39.3 Å². The molecule has 204 valence electrons. The van der Waals surface area contributed by atoms with E-state index in [1.807, 2.05) is 16.0 Å². The number of carbonyl (C=O) groups is 2. The van der Waals surface area contributed by atoms with Crippen LogP contribution in [0.3, 0.4) is 0 Å². The van der Waals surface area contributed by atoms with Gasteiger partial charge in [-0.2, -0.15) is 0 Å². The SMILES string of the molecule is CCC1CC(=O)N(C[C@H]2CN[C@H](C)CN2CC(=O)N2CC(C)(C)c3ncc(Cc4ccc(F)cc4)cc32)C1. The van der Waals surface area contributed by atoms with Gasteiger partial charge < -0.3 is 15.1 Å². The molecule has 0 radical (unpaired) electrons. The predicted molar refractivity (Wildman–Crippen MR) is 147 cm³/mol. The van der Waals surface area contributed by atoms with Gasteiger partial charge >= 0.3 is 0 Å². The number of aromatic nitrogens is 1. The topological polar surface area (TPSA) is 68.8 Å². The molecule has 1 aromatic heterocycles. The van der Waals surface area contributed by atoms with Crippen LogP contribution in [0.25, 0.3) is 0 Å². The Balaban J connectivity index is 1.32. The molecule has 2 fully saturated rings. The number of hydrogen-bond donors (Lipinski definition) is 1. The molecule has 3 atom stereocenters. The lowest BCUT2D eigenvalue weighted by molar-refractivity contribution is -0.128. The molecule has 1 aromatic carbocycles. The first kappa shape index (κ1) is 26.8. The fraction of sp³-hybridized carbons (Fsp3) is 0.567. The van der Waals surface area contributed by atoms with Gasteiger partial charge in [-0.05, 0) is 48.6 Å². The predicted octanol–water partition coefficient (Wildman–Crippen LogP) is 3.36. The summed E-state index contributed by atoms with van der Waals surface area (Å²) in [5.74, 6) is 0.486. The zero-order valence-corrected chi connectivity index (χ0v) is 23.0. The monoisotopic (exact) mass is 521 g/mol. The maximum absolute atomic E-state index is 13.8. The molecule has 8 heteroatoms. The van der Waals surface area contributed by atoms with Gasteiger partial charge in [0.2, 0.25) is 11.8 Å². The number of fused-ring (bicyclic) bond motifs is 1. The zero-order valence-electron chi connectivity index (χ0n) is 23.0. The summed E-state index contributed by atoms with van der Waals surface area (Å²) in [6.07, 6.45) is 4.16. The molecule has 2 aromatic rings. The van der Waals surface area contributed by atoms with Crippen LogP contribution in [-0.4, -0.2) is 78.0 Å². The number of hydrogen-bond acceptors (Lipinski definition) is 5. The highest BCUT2D eigenvalue weighted by Gasteiger charge is 2.41. The number of nitrogens with one attached hydrogen (secondary N) is 1.